The zero-order valence-corrected chi connectivity index (χ0v) is 16.0. The van der Waals surface area contributed by atoms with Gasteiger partial charge in [-0.1, -0.05) is 36.4 Å². The van der Waals surface area contributed by atoms with Gasteiger partial charge in [-0.3, -0.25) is 0 Å². The van der Waals surface area contributed by atoms with Crippen molar-refractivity contribution in [3.8, 4) is 0 Å². The largest absolute Gasteiger partial charge is 0.349 e. The second-order valence-electron chi connectivity index (χ2n) is 7.30. The van der Waals surface area contributed by atoms with Crippen LogP contribution in [0.4, 0.5) is 10.2 Å². The van der Waals surface area contributed by atoms with Crippen LogP contribution in [0.25, 0.3) is 0 Å². The van der Waals surface area contributed by atoms with Crippen LogP contribution in [-0.2, 0) is 12.8 Å². The summed E-state index contributed by atoms with van der Waals surface area (Å²) >= 11 is 0. The highest BCUT2D eigenvalue weighted by Crippen LogP contribution is 2.34. The Hall–Kier alpha value is -2.75. The second-order valence-corrected chi connectivity index (χ2v) is 7.30. The molecule has 0 fully saturated rings. The van der Waals surface area contributed by atoms with Crippen molar-refractivity contribution in [3.63, 3.8) is 0 Å². The van der Waals surface area contributed by atoms with Crippen LogP contribution in [0.1, 0.15) is 46.7 Å². The fourth-order valence-corrected chi connectivity index (χ4v) is 3.88. The Morgan fingerprint density at radius 3 is 2.56 bits per heavy atom. The summed E-state index contributed by atoms with van der Waals surface area (Å²) in [6.07, 6.45) is 1.63. The summed E-state index contributed by atoms with van der Waals surface area (Å²) in [5.74, 6) is 1.58. The SMILES string of the molecule is Cc1nc(Cc2ccc(F)cc2)nc(N2CCc3ccccc3[C@H]2C)c1C. The summed E-state index contributed by atoms with van der Waals surface area (Å²) in [6.45, 7) is 7.33. The van der Waals surface area contributed by atoms with Gasteiger partial charge in [-0.15, -0.1) is 0 Å². The van der Waals surface area contributed by atoms with Crippen LogP contribution in [0.15, 0.2) is 48.5 Å². The first-order chi connectivity index (χ1) is 13.0. The van der Waals surface area contributed by atoms with Crippen molar-refractivity contribution >= 4 is 5.82 Å². The van der Waals surface area contributed by atoms with Gasteiger partial charge in [-0.2, -0.15) is 0 Å². The van der Waals surface area contributed by atoms with Crippen LogP contribution in [0.5, 0.6) is 0 Å². The van der Waals surface area contributed by atoms with Crippen molar-refractivity contribution in [2.75, 3.05) is 11.4 Å². The first-order valence-corrected chi connectivity index (χ1v) is 9.46. The summed E-state index contributed by atoms with van der Waals surface area (Å²) < 4.78 is 13.2. The van der Waals surface area contributed by atoms with Crippen molar-refractivity contribution in [1.82, 2.24) is 9.97 Å². The van der Waals surface area contributed by atoms with Crippen molar-refractivity contribution in [3.05, 3.63) is 88.1 Å². The number of nitrogens with zero attached hydrogens (tertiary/aromatic N) is 3. The molecule has 3 aromatic rings. The molecule has 0 spiro atoms. The van der Waals surface area contributed by atoms with Gasteiger partial charge in [0.2, 0.25) is 0 Å². The van der Waals surface area contributed by atoms with E-state index in [0.717, 1.165) is 41.4 Å². The Morgan fingerprint density at radius 2 is 1.78 bits per heavy atom. The predicted octanol–water partition coefficient (Wildman–Crippen LogP) is 4.95. The van der Waals surface area contributed by atoms with E-state index in [0.29, 0.717) is 6.42 Å². The monoisotopic (exact) mass is 361 g/mol. The lowest BCUT2D eigenvalue weighted by Gasteiger charge is -2.37. The summed E-state index contributed by atoms with van der Waals surface area (Å²) in [6, 6.07) is 15.5. The molecular weight excluding hydrogens is 337 g/mol. The normalized spacial score (nSPS) is 16.3. The third-order valence-corrected chi connectivity index (χ3v) is 5.55. The van der Waals surface area contributed by atoms with E-state index >= 15 is 0 Å². The third-order valence-electron chi connectivity index (χ3n) is 5.55. The van der Waals surface area contributed by atoms with Gasteiger partial charge in [0.05, 0.1) is 6.04 Å². The Balaban J connectivity index is 1.68. The van der Waals surface area contributed by atoms with Gasteiger partial charge < -0.3 is 4.90 Å². The molecule has 27 heavy (non-hydrogen) atoms. The molecular formula is C23H24FN3. The number of fused-ring (bicyclic) bond motifs is 1. The Kier molecular flexibility index (Phi) is 4.65. The molecule has 0 amide bonds. The van der Waals surface area contributed by atoms with E-state index in [1.54, 1.807) is 12.1 Å². The molecule has 1 aromatic heterocycles. The second kappa shape index (κ2) is 7.10. The molecule has 4 rings (SSSR count). The van der Waals surface area contributed by atoms with Gasteiger partial charge in [0.25, 0.3) is 0 Å². The Morgan fingerprint density at radius 1 is 1.04 bits per heavy atom. The molecule has 0 bridgehead atoms. The molecule has 4 heteroatoms. The molecule has 138 valence electrons. The van der Waals surface area contributed by atoms with E-state index in [2.05, 4.69) is 48.0 Å². The average molecular weight is 361 g/mol. The topological polar surface area (TPSA) is 29.0 Å². The molecule has 2 aromatic carbocycles. The smallest absolute Gasteiger partial charge is 0.136 e. The number of hydrogen-bond donors (Lipinski definition) is 0. The van der Waals surface area contributed by atoms with Crippen molar-refractivity contribution in [1.29, 1.82) is 0 Å². The van der Waals surface area contributed by atoms with Gasteiger partial charge in [-0.05, 0) is 56.0 Å². The molecule has 0 N–H and O–H groups in total. The lowest BCUT2D eigenvalue weighted by molar-refractivity contribution is 0.611. The van der Waals surface area contributed by atoms with Crippen LogP contribution in [-0.4, -0.2) is 16.5 Å². The van der Waals surface area contributed by atoms with Gasteiger partial charge in [0.15, 0.2) is 0 Å². The van der Waals surface area contributed by atoms with Crippen LogP contribution in [0, 0.1) is 19.7 Å². The van der Waals surface area contributed by atoms with Crippen LogP contribution < -0.4 is 4.90 Å². The van der Waals surface area contributed by atoms with E-state index in [1.165, 1.54) is 23.3 Å². The molecule has 0 saturated heterocycles. The van der Waals surface area contributed by atoms with Crippen LogP contribution >= 0.6 is 0 Å². The minimum Gasteiger partial charge on any atom is -0.349 e. The molecule has 0 unspecified atom stereocenters. The maximum Gasteiger partial charge on any atom is 0.136 e. The molecule has 1 aliphatic rings. The highest BCUT2D eigenvalue weighted by molar-refractivity contribution is 5.53. The number of halogens is 1. The predicted molar refractivity (Wildman–Crippen MR) is 107 cm³/mol. The molecule has 1 aliphatic heterocycles. The first kappa shape index (κ1) is 17.7. The Labute approximate surface area is 159 Å². The number of hydrogen-bond acceptors (Lipinski definition) is 3. The highest BCUT2D eigenvalue weighted by Gasteiger charge is 2.26. The average Bonchev–Trinajstić information content (AvgIpc) is 2.67. The Bertz CT molecular complexity index is 966. The summed E-state index contributed by atoms with van der Waals surface area (Å²) in [7, 11) is 0. The van der Waals surface area contributed by atoms with Crippen molar-refractivity contribution in [2.24, 2.45) is 0 Å². The fraction of sp³-hybridized carbons (Fsp3) is 0.304. The van der Waals surface area contributed by atoms with E-state index in [1.807, 2.05) is 6.92 Å². The summed E-state index contributed by atoms with van der Waals surface area (Å²) in [5, 5.41) is 0. The van der Waals surface area contributed by atoms with Crippen molar-refractivity contribution < 1.29 is 4.39 Å². The van der Waals surface area contributed by atoms with Crippen LogP contribution in [0.3, 0.4) is 0 Å². The van der Waals surface area contributed by atoms with E-state index in [9.17, 15) is 4.39 Å². The molecule has 0 radical (unpaired) electrons. The van der Waals surface area contributed by atoms with Gasteiger partial charge in [0.1, 0.15) is 17.5 Å². The van der Waals surface area contributed by atoms with E-state index in [-0.39, 0.29) is 11.9 Å². The van der Waals surface area contributed by atoms with Crippen LogP contribution in [0.2, 0.25) is 0 Å². The lowest BCUT2D eigenvalue weighted by atomic mass is 9.93. The van der Waals surface area contributed by atoms with Gasteiger partial charge >= 0.3 is 0 Å². The minimum atomic E-state index is -0.221. The maximum atomic E-state index is 13.2. The molecule has 3 nitrogen and oxygen atoms in total. The number of anilines is 1. The maximum absolute atomic E-state index is 13.2. The zero-order chi connectivity index (χ0) is 19.0. The summed E-state index contributed by atoms with van der Waals surface area (Å²) in [5.41, 5.74) is 5.95. The van der Waals surface area contributed by atoms with Gasteiger partial charge in [0, 0.05) is 24.2 Å². The zero-order valence-electron chi connectivity index (χ0n) is 16.0. The quantitative estimate of drug-likeness (QED) is 0.661. The van der Waals surface area contributed by atoms with E-state index < -0.39 is 0 Å². The van der Waals surface area contributed by atoms with Crippen molar-refractivity contribution in [2.45, 2.75) is 39.7 Å². The fourth-order valence-electron chi connectivity index (χ4n) is 3.88. The number of aryl methyl sites for hydroxylation is 1. The number of benzene rings is 2. The number of aromatic nitrogens is 2. The molecule has 2 heterocycles. The molecule has 0 aliphatic carbocycles. The first-order valence-electron chi connectivity index (χ1n) is 9.46. The molecule has 1 atom stereocenters. The summed E-state index contributed by atoms with van der Waals surface area (Å²) in [4.78, 5) is 12.0. The number of rotatable bonds is 3. The van der Waals surface area contributed by atoms with E-state index in [4.69, 9.17) is 4.98 Å². The standard InChI is InChI=1S/C23H24FN3/c1-15-16(2)25-22(14-18-8-10-20(24)11-9-18)26-23(15)27-13-12-19-6-4-5-7-21(19)17(27)3/h4-11,17H,12-14H2,1-3H3/t17-/m1/s1. The van der Waals surface area contributed by atoms with Gasteiger partial charge in [-0.25, -0.2) is 14.4 Å². The lowest BCUT2D eigenvalue weighted by Crippen LogP contribution is -2.35. The molecule has 0 saturated carbocycles. The third kappa shape index (κ3) is 3.44. The highest BCUT2D eigenvalue weighted by atomic mass is 19.1. The minimum absolute atomic E-state index is 0.221.